The summed E-state index contributed by atoms with van der Waals surface area (Å²) >= 11 is 0. The molecule has 0 bridgehead atoms. The Morgan fingerprint density at radius 1 is 0.403 bits per heavy atom. The van der Waals surface area contributed by atoms with Gasteiger partial charge in [0.2, 0.25) is 0 Å². The van der Waals surface area contributed by atoms with Crippen LogP contribution in [0.2, 0.25) is 0 Å². The second-order valence-corrected chi connectivity index (χ2v) is 22.4. The summed E-state index contributed by atoms with van der Waals surface area (Å²) in [6.45, 7) is 14.5. The van der Waals surface area contributed by atoms with Crippen LogP contribution in [0.25, 0.3) is 77.2 Å². The summed E-state index contributed by atoms with van der Waals surface area (Å²) in [7, 11) is 0. The van der Waals surface area contributed by atoms with Crippen molar-refractivity contribution >= 4 is 43.6 Å². The Morgan fingerprint density at radius 2 is 0.776 bits per heavy atom. The van der Waals surface area contributed by atoms with E-state index in [1.54, 1.807) is 0 Å². The molecule has 5 aliphatic carbocycles. The summed E-state index contributed by atoms with van der Waals surface area (Å²) in [5, 5.41) is 29.1. The van der Waals surface area contributed by atoms with Crippen LogP contribution in [0.4, 0.5) is 0 Å². The number of nitriles is 2. The van der Waals surface area contributed by atoms with Crippen molar-refractivity contribution in [2.45, 2.75) is 115 Å². The third-order valence-electron chi connectivity index (χ3n) is 19.5. The minimum absolute atomic E-state index is 0.128. The fourth-order valence-corrected chi connectivity index (χ4v) is 15.5. The number of para-hydroxylation sites is 2. The Balaban J connectivity index is 1.21. The normalized spacial score (nSPS) is 19.3. The summed E-state index contributed by atoms with van der Waals surface area (Å²) in [5.41, 5.74) is 19.1. The van der Waals surface area contributed by atoms with Gasteiger partial charge in [0.25, 0.3) is 0 Å². The van der Waals surface area contributed by atoms with Gasteiger partial charge in [-0.05, 0) is 110 Å². The highest BCUT2D eigenvalue weighted by molar-refractivity contribution is 6.15. The quantitative estimate of drug-likeness (QED) is 0.174. The van der Waals surface area contributed by atoms with E-state index < -0.39 is 10.8 Å². The molecule has 4 nitrogen and oxygen atoms in total. The summed E-state index contributed by atoms with van der Waals surface area (Å²) in [6, 6.07) is 51.1. The summed E-state index contributed by atoms with van der Waals surface area (Å²) in [4.78, 5) is 0. The van der Waals surface area contributed by atoms with Crippen molar-refractivity contribution in [2.75, 3.05) is 0 Å². The third kappa shape index (κ3) is 4.33. The van der Waals surface area contributed by atoms with Crippen LogP contribution in [-0.4, -0.2) is 9.13 Å². The number of rotatable bonds is 2. The molecular weight excluding hydrogens is 813 g/mol. The second-order valence-electron chi connectivity index (χ2n) is 22.4. The predicted octanol–water partition coefficient (Wildman–Crippen LogP) is 15.9. The lowest BCUT2D eigenvalue weighted by atomic mass is 9.59. The first-order chi connectivity index (χ1) is 32.4. The first kappa shape index (κ1) is 39.3. The molecule has 0 saturated heterocycles. The van der Waals surface area contributed by atoms with Crippen LogP contribution in [0.15, 0.2) is 121 Å². The molecule has 2 fully saturated rings. The summed E-state index contributed by atoms with van der Waals surface area (Å²) in [6.07, 6.45) is 9.11. The van der Waals surface area contributed by atoms with Gasteiger partial charge in [-0.15, -0.1) is 0 Å². The molecule has 2 aromatic heterocycles. The monoisotopic (exact) mass is 866 g/mol. The van der Waals surface area contributed by atoms with Gasteiger partial charge in [0.15, 0.2) is 0 Å². The topological polar surface area (TPSA) is 57.4 Å². The summed E-state index contributed by atoms with van der Waals surface area (Å²) in [5.74, 6) is 0. The van der Waals surface area contributed by atoms with Gasteiger partial charge in [0.05, 0.1) is 44.6 Å². The lowest BCUT2D eigenvalue weighted by Crippen LogP contribution is -2.42. The molecule has 9 aromatic rings. The lowest BCUT2D eigenvalue weighted by Gasteiger charge is -2.45. The second kappa shape index (κ2) is 12.8. The maximum absolute atomic E-state index is 12.1. The average molecular weight is 867 g/mol. The number of hydrogen-bond donors (Lipinski definition) is 0. The molecule has 5 aliphatic rings. The third-order valence-corrected chi connectivity index (χ3v) is 19.5. The van der Waals surface area contributed by atoms with Crippen molar-refractivity contribution < 1.29 is 0 Å². The van der Waals surface area contributed by atoms with Gasteiger partial charge in [-0.3, -0.25) is 0 Å². The maximum atomic E-state index is 12.1. The van der Waals surface area contributed by atoms with E-state index in [2.05, 4.69) is 184 Å². The highest BCUT2D eigenvalue weighted by Crippen LogP contribution is 2.67. The fourth-order valence-electron chi connectivity index (χ4n) is 15.5. The molecule has 0 atom stereocenters. The smallest absolute Gasteiger partial charge is 0.103 e. The molecule has 7 aromatic carbocycles. The molecule has 0 unspecified atom stereocenters. The van der Waals surface area contributed by atoms with Crippen molar-refractivity contribution in [1.82, 2.24) is 9.13 Å². The number of aromatic nitrogens is 2. The summed E-state index contributed by atoms with van der Waals surface area (Å²) < 4.78 is 5.01. The van der Waals surface area contributed by atoms with E-state index in [9.17, 15) is 10.5 Å². The molecule has 326 valence electrons. The molecule has 0 aliphatic heterocycles. The zero-order valence-corrected chi connectivity index (χ0v) is 39.5. The van der Waals surface area contributed by atoms with E-state index >= 15 is 0 Å². The molecule has 2 heterocycles. The first-order valence-corrected chi connectivity index (χ1v) is 24.8. The molecule has 0 radical (unpaired) electrons. The van der Waals surface area contributed by atoms with Crippen LogP contribution >= 0.6 is 0 Å². The van der Waals surface area contributed by atoms with Crippen LogP contribution in [0, 0.1) is 28.1 Å². The Labute approximate surface area is 393 Å². The Hall–Kier alpha value is -6.88. The minimum atomic E-state index is -0.442. The molecule has 0 N–H and O–H groups in total. The maximum Gasteiger partial charge on any atom is 0.103 e. The standard InChI is InChI=1S/C63H54N4/c1-59(2)53-54(60(3,4)61(59,5)6)58(67-50-26-14-10-22-40(50)44-30-28-42-38-20-8-12-24-48(38)63(33-17-18-34-63)52(42)56(44)67)46(36-65)45(35-64)57(53)66-49-25-13-9-21-39(49)43-29-27-41-37-19-7-11-23-47(37)62(31-15-16-32-62)51(41)55(43)66/h7-14,19-30H,15-18,31-34H2,1-6H3. The molecule has 14 rings (SSSR count). The van der Waals surface area contributed by atoms with Crippen LogP contribution < -0.4 is 0 Å². The van der Waals surface area contributed by atoms with Crippen LogP contribution in [-0.2, 0) is 21.7 Å². The molecule has 2 spiro atoms. The van der Waals surface area contributed by atoms with Gasteiger partial charge in [0, 0.05) is 32.4 Å². The van der Waals surface area contributed by atoms with Crippen LogP contribution in [0.3, 0.4) is 0 Å². The van der Waals surface area contributed by atoms with Crippen molar-refractivity contribution in [1.29, 1.82) is 10.5 Å². The molecule has 0 amide bonds. The molecule has 4 heteroatoms. The lowest BCUT2D eigenvalue weighted by molar-refractivity contribution is 0.125. The number of hydrogen-bond acceptors (Lipinski definition) is 2. The van der Waals surface area contributed by atoms with Gasteiger partial charge in [-0.25, -0.2) is 0 Å². The highest BCUT2D eigenvalue weighted by Gasteiger charge is 2.61. The van der Waals surface area contributed by atoms with Crippen molar-refractivity contribution in [2.24, 2.45) is 5.41 Å². The number of fused-ring (bicyclic) bond motifs is 19. The van der Waals surface area contributed by atoms with E-state index in [0.29, 0.717) is 11.1 Å². The predicted molar refractivity (Wildman–Crippen MR) is 274 cm³/mol. The van der Waals surface area contributed by atoms with E-state index in [1.807, 2.05) is 0 Å². The van der Waals surface area contributed by atoms with E-state index in [0.717, 1.165) is 48.1 Å². The Bertz CT molecular complexity index is 3570. The number of benzene rings is 7. The minimum Gasteiger partial charge on any atom is -0.307 e. The SMILES string of the molecule is CC1(C)c2c(-n3c4ccccc4c4ccc5c(c43)C3(CCCC3)c3ccccc3-5)c(C#N)c(C#N)c(-n3c4ccccc4c4ccc5c(c43)C3(CCCC3)c3ccccc3-5)c2C(C)(C)C1(C)C. The van der Waals surface area contributed by atoms with E-state index in [4.69, 9.17) is 0 Å². The molecular formula is C63H54N4. The Morgan fingerprint density at radius 3 is 1.18 bits per heavy atom. The van der Waals surface area contributed by atoms with Crippen molar-refractivity contribution in [3.05, 3.63) is 166 Å². The van der Waals surface area contributed by atoms with Crippen LogP contribution in [0.1, 0.15) is 137 Å². The zero-order valence-electron chi connectivity index (χ0n) is 39.5. The van der Waals surface area contributed by atoms with E-state index in [-0.39, 0.29) is 16.2 Å². The van der Waals surface area contributed by atoms with Gasteiger partial charge >= 0.3 is 0 Å². The van der Waals surface area contributed by atoms with Crippen molar-refractivity contribution in [3.63, 3.8) is 0 Å². The van der Waals surface area contributed by atoms with Gasteiger partial charge < -0.3 is 9.13 Å². The zero-order chi connectivity index (χ0) is 45.6. The largest absolute Gasteiger partial charge is 0.307 e. The average Bonchev–Trinajstić information content (AvgIpc) is 4.22. The number of nitrogens with zero attached hydrogens (tertiary/aromatic N) is 4. The fraction of sp³-hybridized carbons (Fsp3) is 0.302. The first-order valence-electron chi connectivity index (χ1n) is 24.8. The highest BCUT2D eigenvalue weighted by atomic mass is 15.0. The van der Waals surface area contributed by atoms with Gasteiger partial charge in [-0.1, -0.05) is 176 Å². The molecule has 67 heavy (non-hydrogen) atoms. The van der Waals surface area contributed by atoms with Gasteiger partial charge in [0.1, 0.15) is 12.1 Å². The van der Waals surface area contributed by atoms with Crippen LogP contribution in [0.5, 0.6) is 0 Å². The molecule has 2 saturated carbocycles. The van der Waals surface area contributed by atoms with Crippen molar-refractivity contribution in [3.8, 4) is 45.8 Å². The van der Waals surface area contributed by atoms with E-state index in [1.165, 1.54) is 114 Å². The Kier molecular flexibility index (Phi) is 7.48. The van der Waals surface area contributed by atoms with Gasteiger partial charge in [-0.2, -0.15) is 10.5 Å².